The van der Waals surface area contributed by atoms with Crippen LogP contribution in [0.5, 0.6) is 0 Å². The van der Waals surface area contributed by atoms with E-state index in [1.807, 2.05) is 4.90 Å². The minimum atomic E-state index is -0.204. The molecule has 1 aromatic heterocycles. The van der Waals surface area contributed by atoms with Gasteiger partial charge in [0.15, 0.2) is 0 Å². The second-order valence-electron chi connectivity index (χ2n) is 7.37. The first-order valence-electron chi connectivity index (χ1n) is 9.57. The quantitative estimate of drug-likeness (QED) is 0.700. The molecule has 1 saturated heterocycles. The molecule has 0 aliphatic carbocycles. The Morgan fingerprint density at radius 3 is 2.71 bits per heavy atom. The van der Waals surface area contributed by atoms with E-state index in [9.17, 15) is 14.4 Å². The van der Waals surface area contributed by atoms with Crippen molar-refractivity contribution in [3.8, 4) is 0 Å². The Bertz CT molecular complexity index is 1040. The SMILES string of the molecule is O=C1Nc2ccc(C(=O)N3CCCC3)cc2/C1=C/c1[nH]cc2c1CCNC2=O. The van der Waals surface area contributed by atoms with Crippen LogP contribution in [0.4, 0.5) is 5.69 Å². The van der Waals surface area contributed by atoms with Gasteiger partial charge < -0.3 is 20.5 Å². The van der Waals surface area contributed by atoms with Crippen LogP contribution in [0.25, 0.3) is 11.6 Å². The van der Waals surface area contributed by atoms with Gasteiger partial charge in [-0.1, -0.05) is 0 Å². The van der Waals surface area contributed by atoms with Gasteiger partial charge in [-0.3, -0.25) is 14.4 Å². The summed E-state index contributed by atoms with van der Waals surface area (Å²) in [5.74, 6) is -0.297. The highest BCUT2D eigenvalue weighted by Crippen LogP contribution is 2.35. The number of rotatable bonds is 2. The molecule has 0 radical (unpaired) electrons. The lowest BCUT2D eigenvalue weighted by Gasteiger charge is -2.15. The minimum absolute atomic E-state index is 0.00734. The second kappa shape index (κ2) is 6.37. The van der Waals surface area contributed by atoms with E-state index in [1.54, 1.807) is 30.5 Å². The van der Waals surface area contributed by atoms with Gasteiger partial charge in [0, 0.05) is 48.3 Å². The maximum absolute atomic E-state index is 12.7. The van der Waals surface area contributed by atoms with Gasteiger partial charge >= 0.3 is 0 Å². The molecular weight excluding hydrogens is 356 g/mol. The van der Waals surface area contributed by atoms with Crippen LogP contribution in [0.2, 0.25) is 0 Å². The fourth-order valence-corrected chi connectivity index (χ4v) is 4.18. The number of nitrogens with zero attached hydrogens (tertiary/aromatic N) is 1. The van der Waals surface area contributed by atoms with Crippen molar-refractivity contribution in [3.05, 3.63) is 52.3 Å². The lowest BCUT2D eigenvalue weighted by molar-refractivity contribution is -0.110. The first-order chi connectivity index (χ1) is 13.6. The Morgan fingerprint density at radius 2 is 1.89 bits per heavy atom. The number of aromatic nitrogens is 1. The van der Waals surface area contributed by atoms with E-state index in [0.717, 1.165) is 42.8 Å². The number of carbonyl (C=O) groups is 3. The van der Waals surface area contributed by atoms with Crippen molar-refractivity contribution in [1.29, 1.82) is 0 Å². The highest BCUT2D eigenvalue weighted by molar-refractivity contribution is 6.35. The van der Waals surface area contributed by atoms with E-state index in [1.165, 1.54) is 0 Å². The maximum atomic E-state index is 12.7. The number of hydrogen-bond donors (Lipinski definition) is 3. The van der Waals surface area contributed by atoms with Gasteiger partial charge in [0.25, 0.3) is 17.7 Å². The molecule has 1 aromatic carbocycles. The van der Waals surface area contributed by atoms with Crippen molar-refractivity contribution in [3.63, 3.8) is 0 Å². The monoisotopic (exact) mass is 376 g/mol. The summed E-state index contributed by atoms with van der Waals surface area (Å²) in [6.07, 6.45) is 6.24. The predicted molar refractivity (Wildman–Crippen MR) is 105 cm³/mol. The molecule has 142 valence electrons. The number of aromatic amines is 1. The zero-order chi connectivity index (χ0) is 19.3. The Kier molecular flexibility index (Phi) is 3.82. The number of anilines is 1. The molecule has 7 heteroatoms. The van der Waals surface area contributed by atoms with Crippen LogP contribution in [-0.2, 0) is 11.2 Å². The van der Waals surface area contributed by atoms with E-state index in [-0.39, 0.29) is 17.7 Å². The first-order valence-corrected chi connectivity index (χ1v) is 9.57. The number of amides is 3. The normalized spacial score (nSPS) is 19.4. The van der Waals surface area contributed by atoms with Crippen molar-refractivity contribution >= 4 is 35.1 Å². The van der Waals surface area contributed by atoms with Crippen LogP contribution < -0.4 is 10.6 Å². The minimum Gasteiger partial charge on any atom is -0.361 e. The highest BCUT2D eigenvalue weighted by Gasteiger charge is 2.28. The van der Waals surface area contributed by atoms with E-state index < -0.39 is 0 Å². The molecular formula is C21H20N4O3. The van der Waals surface area contributed by atoms with Gasteiger partial charge in [0.2, 0.25) is 0 Å². The molecule has 7 nitrogen and oxygen atoms in total. The standard InChI is InChI=1S/C21H20N4O3/c26-19-16-11-23-18(13(16)5-6-22-19)10-15-14-9-12(3-4-17(14)24-20(15)27)21(28)25-7-1-2-8-25/h3-4,9-11,23H,1-2,5-8H2,(H,22,26)(H,24,27)/b15-10-. The Morgan fingerprint density at radius 1 is 1.07 bits per heavy atom. The molecule has 3 aliphatic rings. The molecule has 5 rings (SSSR count). The van der Waals surface area contributed by atoms with Crippen LogP contribution >= 0.6 is 0 Å². The summed E-state index contributed by atoms with van der Waals surface area (Å²) >= 11 is 0. The number of hydrogen-bond acceptors (Lipinski definition) is 3. The van der Waals surface area contributed by atoms with Crippen LogP contribution in [0.3, 0.4) is 0 Å². The molecule has 3 aliphatic heterocycles. The van der Waals surface area contributed by atoms with Crippen LogP contribution in [0.1, 0.15) is 50.4 Å². The van der Waals surface area contributed by atoms with Gasteiger partial charge in [0.1, 0.15) is 0 Å². The summed E-state index contributed by atoms with van der Waals surface area (Å²) in [7, 11) is 0. The lowest BCUT2D eigenvalue weighted by Crippen LogP contribution is -2.31. The first kappa shape index (κ1) is 16.8. The van der Waals surface area contributed by atoms with Crippen molar-refractivity contribution in [2.24, 2.45) is 0 Å². The molecule has 0 atom stereocenters. The second-order valence-corrected chi connectivity index (χ2v) is 7.37. The molecule has 0 unspecified atom stereocenters. The van der Waals surface area contributed by atoms with Crippen molar-refractivity contribution in [2.75, 3.05) is 25.0 Å². The molecule has 3 N–H and O–H groups in total. The number of likely N-dealkylation sites (tertiary alicyclic amines) is 1. The van der Waals surface area contributed by atoms with Gasteiger partial charge in [-0.15, -0.1) is 0 Å². The topological polar surface area (TPSA) is 94.3 Å². The van der Waals surface area contributed by atoms with E-state index in [4.69, 9.17) is 0 Å². The Labute approximate surface area is 161 Å². The third-order valence-electron chi connectivity index (χ3n) is 5.66. The molecule has 2 aromatic rings. The maximum Gasteiger partial charge on any atom is 0.256 e. The van der Waals surface area contributed by atoms with E-state index in [2.05, 4.69) is 15.6 Å². The average Bonchev–Trinajstić information content (AvgIpc) is 3.42. The van der Waals surface area contributed by atoms with Crippen molar-refractivity contribution in [1.82, 2.24) is 15.2 Å². The molecule has 0 saturated carbocycles. The summed E-state index contributed by atoms with van der Waals surface area (Å²) in [5.41, 5.74) is 4.82. The lowest BCUT2D eigenvalue weighted by atomic mass is 9.99. The smallest absolute Gasteiger partial charge is 0.256 e. The van der Waals surface area contributed by atoms with Crippen molar-refractivity contribution < 1.29 is 14.4 Å². The van der Waals surface area contributed by atoms with Gasteiger partial charge in [-0.05, 0) is 49.1 Å². The van der Waals surface area contributed by atoms with Crippen LogP contribution in [0, 0.1) is 0 Å². The molecule has 1 fully saturated rings. The summed E-state index contributed by atoms with van der Waals surface area (Å²) in [6.45, 7) is 2.15. The fraction of sp³-hybridized carbons (Fsp3) is 0.286. The predicted octanol–water partition coefficient (Wildman–Crippen LogP) is 2.03. The third kappa shape index (κ3) is 2.62. The van der Waals surface area contributed by atoms with Crippen LogP contribution in [-0.4, -0.2) is 47.2 Å². The van der Waals surface area contributed by atoms with E-state index >= 15 is 0 Å². The summed E-state index contributed by atoms with van der Waals surface area (Å²) in [4.78, 5) is 42.2. The number of nitrogens with one attached hydrogen (secondary N) is 3. The number of H-pyrrole nitrogens is 1. The molecule has 0 bridgehead atoms. The zero-order valence-corrected chi connectivity index (χ0v) is 15.3. The summed E-state index contributed by atoms with van der Waals surface area (Å²) < 4.78 is 0. The summed E-state index contributed by atoms with van der Waals surface area (Å²) in [5, 5.41) is 5.67. The summed E-state index contributed by atoms with van der Waals surface area (Å²) in [6, 6.07) is 5.35. The zero-order valence-electron chi connectivity index (χ0n) is 15.3. The van der Waals surface area contributed by atoms with Crippen molar-refractivity contribution in [2.45, 2.75) is 19.3 Å². The number of carbonyl (C=O) groups excluding carboxylic acids is 3. The molecule has 0 spiro atoms. The molecule has 3 amide bonds. The average molecular weight is 376 g/mol. The van der Waals surface area contributed by atoms with Crippen LogP contribution in [0.15, 0.2) is 24.4 Å². The Balaban J connectivity index is 1.53. The Hall–Kier alpha value is -3.35. The molecule has 28 heavy (non-hydrogen) atoms. The van der Waals surface area contributed by atoms with Gasteiger partial charge in [-0.2, -0.15) is 0 Å². The fourth-order valence-electron chi connectivity index (χ4n) is 4.18. The highest BCUT2D eigenvalue weighted by atomic mass is 16.2. The van der Waals surface area contributed by atoms with E-state index in [0.29, 0.717) is 35.4 Å². The number of benzene rings is 1. The van der Waals surface area contributed by atoms with Gasteiger partial charge in [0.05, 0.1) is 11.1 Å². The number of fused-ring (bicyclic) bond motifs is 2. The van der Waals surface area contributed by atoms with Gasteiger partial charge in [-0.25, -0.2) is 0 Å². The molecule has 4 heterocycles. The third-order valence-corrected chi connectivity index (χ3v) is 5.66. The largest absolute Gasteiger partial charge is 0.361 e.